The zero-order valence-corrected chi connectivity index (χ0v) is 16.3. The number of aromatic nitrogens is 1. The Bertz CT molecular complexity index is 812. The predicted molar refractivity (Wildman–Crippen MR) is 105 cm³/mol. The summed E-state index contributed by atoms with van der Waals surface area (Å²) in [6.07, 6.45) is 8.79. The highest BCUT2D eigenvalue weighted by Crippen LogP contribution is 2.61. The van der Waals surface area contributed by atoms with E-state index < -0.39 is 5.41 Å². The van der Waals surface area contributed by atoms with Gasteiger partial charge in [0, 0.05) is 11.6 Å². The third-order valence-electron chi connectivity index (χ3n) is 6.11. The van der Waals surface area contributed by atoms with Crippen LogP contribution < -0.4 is 5.32 Å². The number of carbonyl (C=O) groups is 2. The van der Waals surface area contributed by atoms with Crippen LogP contribution in [0.5, 0.6) is 0 Å². The van der Waals surface area contributed by atoms with Crippen LogP contribution in [0.2, 0.25) is 0 Å². The summed E-state index contributed by atoms with van der Waals surface area (Å²) >= 11 is 1.43. The van der Waals surface area contributed by atoms with Gasteiger partial charge in [-0.25, -0.2) is 9.78 Å². The van der Waals surface area contributed by atoms with Gasteiger partial charge in [-0.2, -0.15) is 0 Å². The third-order valence-corrected chi connectivity index (χ3v) is 6.80. The Labute approximate surface area is 163 Å². The monoisotopic (exact) mass is 384 g/mol. The fraction of sp³-hybridized carbons (Fsp3) is 0.476. The third kappa shape index (κ3) is 3.38. The summed E-state index contributed by atoms with van der Waals surface area (Å²) in [5.74, 6) is 0.629. The molecule has 0 saturated heterocycles. The Morgan fingerprint density at radius 2 is 1.93 bits per heavy atom. The molecule has 2 aliphatic carbocycles. The molecule has 2 saturated carbocycles. The fourth-order valence-electron chi connectivity index (χ4n) is 4.63. The lowest BCUT2D eigenvalue weighted by molar-refractivity contribution is -0.119. The number of benzene rings is 1. The molecule has 4 rings (SSSR count). The van der Waals surface area contributed by atoms with Gasteiger partial charge in [0.2, 0.25) is 5.91 Å². The van der Waals surface area contributed by atoms with Crippen molar-refractivity contribution in [1.29, 1.82) is 0 Å². The Morgan fingerprint density at radius 1 is 1.19 bits per heavy atom. The van der Waals surface area contributed by atoms with E-state index in [1.54, 1.807) is 18.3 Å². The average Bonchev–Trinajstić information content (AvgIpc) is 3.29. The smallest absolute Gasteiger partial charge is 0.337 e. The van der Waals surface area contributed by atoms with E-state index in [0.717, 1.165) is 12.0 Å². The van der Waals surface area contributed by atoms with Crippen LogP contribution >= 0.6 is 11.3 Å². The van der Waals surface area contributed by atoms with Gasteiger partial charge >= 0.3 is 5.97 Å². The first-order chi connectivity index (χ1) is 13.1. The van der Waals surface area contributed by atoms with Gasteiger partial charge in [-0.15, -0.1) is 11.3 Å². The number of amides is 1. The van der Waals surface area contributed by atoms with Gasteiger partial charge in [-0.05, 0) is 36.0 Å². The minimum absolute atomic E-state index is 0.0267. The standard InChI is InChI=1S/C21H24N2O3S/c1-26-18(24)15-7-9-16(10-8-15)21(19(25)23-20-22-11-12-27-20)13-17(21)14-5-3-2-4-6-14/h7-12,14,17H,2-6,13H2,1H3,(H,22,23,25). The van der Waals surface area contributed by atoms with Gasteiger partial charge < -0.3 is 10.1 Å². The first kappa shape index (κ1) is 18.2. The van der Waals surface area contributed by atoms with Crippen LogP contribution in [-0.4, -0.2) is 24.0 Å². The maximum absolute atomic E-state index is 13.3. The number of nitrogens with zero attached hydrogens (tertiary/aromatic N) is 1. The summed E-state index contributed by atoms with van der Waals surface area (Å²) in [4.78, 5) is 29.2. The highest BCUT2D eigenvalue weighted by atomic mass is 32.1. The molecule has 1 aromatic heterocycles. The van der Waals surface area contributed by atoms with E-state index in [9.17, 15) is 9.59 Å². The minimum Gasteiger partial charge on any atom is -0.465 e. The summed E-state index contributed by atoms with van der Waals surface area (Å²) in [7, 11) is 1.37. The van der Waals surface area contributed by atoms with Gasteiger partial charge in [0.05, 0.1) is 18.1 Å². The van der Waals surface area contributed by atoms with Crippen LogP contribution in [0.25, 0.3) is 0 Å². The number of anilines is 1. The molecule has 1 N–H and O–H groups in total. The van der Waals surface area contributed by atoms with Crippen LogP contribution in [-0.2, 0) is 14.9 Å². The summed E-state index contributed by atoms with van der Waals surface area (Å²) in [5, 5.41) is 5.52. The lowest BCUT2D eigenvalue weighted by Crippen LogP contribution is -2.32. The molecule has 2 aliphatic rings. The fourth-order valence-corrected chi connectivity index (χ4v) is 5.16. The minimum atomic E-state index is -0.512. The molecular weight excluding hydrogens is 360 g/mol. The molecule has 0 bridgehead atoms. The van der Waals surface area contributed by atoms with E-state index in [4.69, 9.17) is 4.74 Å². The SMILES string of the molecule is COC(=O)c1ccc(C2(C(=O)Nc3nccs3)CC2C2CCCCC2)cc1. The molecular formula is C21H24N2O3S. The molecule has 1 aromatic carbocycles. The van der Waals surface area contributed by atoms with Crippen LogP contribution in [0.3, 0.4) is 0 Å². The van der Waals surface area contributed by atoms with Crippen molar-refractivity contribution < 1.29 is 14.3 Å². The van der Waals surface area contributed by atoms with E-state index in [1.165, 1.54) is 50.6 Å². The molecule has 0 aliphatic heterocycles. The maximum Gasteiger partial charge on any atom is 0.337 e. The number of hydrogen-bond acceptors (Lipinski definition) is 5. The largest absolute Gasteiger partial charge is 0.465 e. The van der Waals surface area contributed by atoms with E-state index >= 15 is 0 Å². The van der Waals surface area contributed by atoms with Crippen molar-refractivity contribution in [3.05, 3.63) is 47.0 Å². The van der Waals surface area contributed by atoms with Crippen LogP contribution in [0.15, 0.2) is 35.8 Å². The predicted octanol–water partition coefficient (Wildman–Crippen LogP) is 4.41. The summed E-state index contributed by atoms with van der Waals surface area (Å²) < 4.78 is 4.79. The number of rotatable bonds is 5. The zero-order valence-electron chi connectivity index (χ0n) is 15.4. The first-order valence-electron chi connectivity index (χ1n) is 9.55. The quantitative estimate of drug-likeness (QED) is 0.776. The second-order valence-corrected chi connectivity index (χ2v) is 8.43. The molecule has 2 atom stereocenters. The van der Waals surface area contributed by atoms with Crippen LogP contribution in [0.4, 0.5) is 5.13 Å². The molecule has 2 fully saturated rings. The Kier molecular flexibility index (Phi) is 5.00. The second-order valence-electron chi connectivity index (χ2n) is 7.54. The molecule has 0 spiro atoms. The average molecular weight is 385 g/mol. The molecule has 1 heterocycles. The van der Waals surface area contributed by atoms with E-state index in [-0.39, 0.29) is 11.9 Å². The van der Waals surface area contributed by atoms with Crippen molar-refractivity contribution in [2.75, 3.05) is 12.4 Å². The molecule has 2 aromatic rings. The number of esters is 1. The highest BCUT2D eigenvalue weighted by molar-refractivity contribution is 7.13. The Hall–Kier alpha value is -2.21. The second kappa shape index (κ2) is 7.43. The van der Waals surface area contributed by atoms with Crippen molar-refractivity contribution in [3.63, 3.8) is 0 Å². The van der Waals surface area contributed by atoms with Crippen LogP contribution in [0.1, 0.15) is 54.4 Å². The molecule has 5 nitrogen and oxygen atoms in total. The van der Waals surface area contributed by atoms with Crippen molar-refractivity contribution in [2.24, 2.45) is 11.8 Å². The number of ether oxygens (including phenoxy) is 1. The number of nitrogens with one attached hydrogen (secondary N) is 1. The van der Waals surface area contributed by atoms with Gasteiger partial charge in [0.1, 0.15) is 0 Å². The lowest BCUT2D eigenvalue weighted by atomic mass is 9.80. The summed E-state index contributed by atoms with van der Waals surface area (Å²) in [6.45, 7) is 0. The molecule has 27 heavy (non-hydrogen) atoms. The van der Waals surface area contributed by atoms with Crippen molar-refractivity contribution in [3.8, 4) is 0 Å². The van der Waals surface area contributed by atoms with Crippen LogP contribution in [0, 0.1) is 11.8 Å². The molecule has 0 radical (unpaired) electrons. The molecule has 6 heteroatoms. The number of hydrogen-bond donors (Lipinski definition) is 1. The topological polar surface area (TPSA) is 68.3 Å². The molecule has 2 unspecified atom stereocenters. The van der Waals surface area contributed by atoms with E-state index in [2.05, 4.69) is 10.3 Å². The highest BCUT2D eigenvalue weighted by Gasteiger charge is 2.63. The van der Waals surface area contributed by atoms with E-state index in [1.807, 2.05) is 17.5 Å². The van der Waals surface area contributed by atoms with Crippen molar-refractivity contribution in [1.82, 2.24) is 4.98 Å². The van der Waals surface area contributed by atoms with Crippen molar-refractivity contribution in [2.45, 2.75) is 43.9 Å². The first-order valence-corrected chi connectivity index (χ1v) is 10.4. The van der Waals surface area contributed by atoms with Gasteiger partial charge in [-0.1, -0.05) is 44.2 Å². The van der Waals surface area contributed by atoms with E-state index in [0.29, 0.717) is 22.5 Å². The van der Waals surface area contributed by atoms with Crippen molar-refractivity contribution >= 4 is 28.3 Å². The van der Waals surface area contributed by atoms with Gasteiger partial charge in [0.25, 0.3) is 0 Å². The maximum atomic E-state index is 13.3. The molecule has 142 valence electrons. The lowest BCUT2D eigenvalue weighted by Gasteiger charge is -2.25. The van der Waals surface area contributed by atoms with Gasteiger partial charge in [-0.3, -0.25) is 4.79 Å². The summed E-state index contributed by atoms with van der Waals surface area (Å²) in [6, 6.07) is 7.35. The number of thiazole rings is 1. The zero-order chi connectivity index (χ0) is 18.9. The number of methoxy groups -OCH3 is 1. The summed E-state index contributed by atoms with van der Waals surface area (Å²) in [5.41, 5.74) is 0.980. The molecule has 1 amide bonds. The Morgan fingerprint density at radius 3 is 2.56 bits per heavy atom. The number of carbonyl (C=O) groups excluding carboxylic acids is 2. The van der Waals surface area contributed by atoms with Gasteiger partial charge in [0.15, 0.2) is 5.13 Å². The normalized spacial score (nSPS) is 25.0. The Balaban J connectivity index is 1.62.